The van der Waals surface area contributed by atoms with E-state index in [9.17, 15) is 0 Å². The second-order valence-corrected chi connectivity index (χ2v) is 4.62. The zero-order valence-electron chi connectivity index (χ0n) is 8.68. The molecule has 2 rings (SSSR count). The average molecular weight is 182 g/mol. The zero-order valence-corrected chi connectivity index (χ0v) is 8.68. The minimum Gasteiger partial charge on any atom is -0.317 e. The molecule has 0 aromatic carbocycles. The highest BCUT2D eigenvalue weighted by atomic mass is 15.0. The quantitative estimate of drug-likeness (QED) is 0.689. The molecule has 0 bridgehead atoms. The van der Waals surface area contributed by atoms with Crippen LogP contribution in [0.5, 0.6) is 0 Å². The average Bonchev–Trinajstić information content (AvgIpc) is 2.52. The van der Waals surface area contributed by atoms with Crippen molar-refractivity contribution in [2.45, 2.75) is 50.6 Å². The van der Waals surface area contributed by atoms with Crippen LogP contribution < -0.4 is 10.6 Å². The van der Waals surface area contributed by atoms with E-state index >= 15 is 0 Å². The minimum atomic E-state index is 0.782. The highest BCUT2D eigenvalue weighted by molar-refractivity contribution is 4.87. The maximum absolute atomic E-state index is 3.58. The lowest BCUT2D eigenvalue weighted by molar-refractivity contribution is 0.216. The molecule has 0 aromatic rings. The molecule has 2 unspecified atom stereocenters. The summed E-state index contributed by atoms with van der Waals surface area (Å²) in [5.41, 5.74) is 0. The predicted molar refractivity (Wildman–Crippen MR) is 55.8 cm³/mol. The van der Waals surface area contributed by atoms with Crippen LogP contribution in [0.3, 0.4) is 0 Å². The maximum atomic E-state index is 3.58. The van der Waals surface area contributed by atoms with E-state index in [0.29, 0.717) is 0 Å². The van der Waals surface area contributed by atoms with Crippen LogP contribution in [0.2, 0.25) is 0 Å². The van der Waals surface area contributed by atoms with Gasteiger partial charge in [0.25, 0.3) is 0 Å². The van der Waals surface area contributed by atoms with E-state index in [1.54, 1.807) is 0 Å². The molecule has 0 spiro atoms. The molecule has 2 atom stereocenters. The lowest BCUT2D eigenvalue weighted by Crippen LogP contribution is -2.41. The predicted octanol–water partition coefficient (Wildman–Crippen LogP) is 1.52. The van der Waals surface area contributed by atoms with Crippen molar-refractivity contribution in [1.29, 1.82) is 0 Å². The van der Waals surface area contributed by atoms with Gasteiger partial charge in [-0.1, -0.05) is 6.42 Å². The number of nitrogens with one attached hydrogen (secondary N) is 2. The SMILES string of the molecule is CNC(CC1CCCN1)C1CCC1. The van der Waals surface area contributed by atoms with E-state index < -0.39 is 0 Å². The third-order valence-electron chi connectivity index (χ3n) is 3.79. The lowest BCUT2D eigenvalue weighted by atomic mass is 9.77. The van der Waals surface area contributed by atoms with E-state index in [1.807, 2.05) is 0 Å². The van der Waals surface area contributed by atoms with Crippen molar-refractivity contribution in [2.75, 3.05) is 13.6 Å². The Kier molecular flexibility index (Phi) is 3.23. The van der Waals surface area contributed by atoms with Gasteiger partial charge in [-0.3, -0.25) is 0 Å². The Hall–Kier alpha value is -0.0800. The molecule has 2 nitrogen and oxygen atoms in total. The van der Waals surface area contributed by atoms with Crippen LogP contribution in [-0.4, -0.2) is 25.7 Å². The fraction of sp³-hybridized carbons (Fsp3) is 1.00. The van der Waals surface area contributed by atoms with Gasteiger partial charge in [-0.25, -0.2) is 0 Å². The molecule has 76 valence electrons. The maximum Gasteiger partial charge on any atom is 0.0107 e. The summed E-state index contributed by atoms with van der Waals surface area (Å²) in [6, 6.07) is 1.59. The fourth-order valence-corrected chi connectivity index (χ4v) is 2.65. The Morgan fingerprint density at radius 2 is 2.15 bits per heavy atom. The molecular weight excluding hydrogens is 160 g/mol. The molecule has 0 aromatic heterocycles. The van der Waals surface area contributed by atoms with Crippen LogP contribution in [0.4, 0.5) is 0 Å². The first-order chi connectivity index (χ1) is 6.40. The van der Waals surface area contributed by atoms with Crippen LogP contribution in [0.1, 0.15) is 38.5 Å². The van der Waals surface area contributed by atoms with Gasteiger partial charge in [0.15, 0.2) is 0 Å². The molecule has 1 heterocycles. The van der Waals surface area contributed by atoms with Crippen molar-refractivity contribution in [2.24, 2.45) is 5.92 Å². The molecule has 13 heavy (non-hydrogen) atoms. The standard InChI is InChI=1S/C11H22N2/c1-12-11(9-4-2-5-9)8-10-6-3-7-13-10/h9-13H,2-8H2,1H3. The molecule has 2 fully saturated rings. The summed E-state index contributed by atoms with van der Waals surface area (Å²) >= 11 is 0. The summed E-state index contributed by atoms with van der Waals surface area (Å²) in [4.78, 5) is 0. The molecule has 1 saturated heterocycles. The van der Waals surface area contributed by atoms with Crippen molar-refractivity contribution in [1.82, 2.24) is 10.6 Å². The van der Waals surface area contributed by atoms with Crippen molar-refractivity contribution in [3.8, 4) is 0 Å². The first kappa shape index (κ1) is 9.47. The number of hydrogen-bond donors (Lipinski definition) is 2. The van der Waals surface area contributed by atoms with E-state index in [-0.39, 0.29) is 0 Å². The molecule has 2 heteroatoms. The van der Waals surface area contributed by atoms with Crippen molar-refractivity contribution >= 4 is 0 Å². The highest BCUT2D eigenvalue weighted by Gasteiger charge is 2.28. The van der Waals surface area contributed by atoms with Gasteiger partial charge in [-0.15, -0.1) is 0 Å². The molecule has 2 N–H and O–H groups in total. The van der Waals surface area contributed by atoms with Crippen LogP contribution in [0.15, 0.2) is 0 Å². The first-order valence-electron chi connectivity index (χ1n) is 5.81. The Morgan fingerprint density at radius 1 is 1.31 bits per heavy atom. The Bertz CT molecular complexity index is 148. The second kappa shape index (κ2) is 4.43. The Labute approximate surface area is 81.5 Å². The van der Waals surface area contributed by atoms with Gasteiger partial charge in [0.1, 0.15) is 0 Å². The molecule has 0 radical (unpaired) electrons. The van der Waals surface area contributed by atoms with E-state index in [4.69, 9.17) is 0 Å². The van der Waals surface area contributed by atoms with Crippen LogP contribution in [0.25, 0.3) is 0 Å². The Balaban J connectivity index is 1.75. The smallest absolute Gasteiger partial charge is 0.0107 e. The van der Waals surface area contributed by atoms with Gasteiger partial charge < -0.3 is 10.6 Å². The molecular formula is C11H22N2. The van der Waals surface area contributed by atoms with Crippen molar-refractivity contribution in [3.63, 3.8) is 0 Å². The van der Waals surface area contributed by atoms with Crippen LogP contribution in [0, 0.1) is 5.92 Å². The number of rotatable bonds is 4. The summed E-state index contributed by atoms with van der Waals surface area (Å²) in [6.07, 6.45) is 8.50. The largest absolute Gasteiger partial charge is 0.317 e. The van der Waals surface area contributed by atoms with E-state index in [0.717, 1.165) is 18.0 Å². The number of hydrogen-bond acceptors (Lipinski definition) is 2. The van der Waals surface area contributed by atoms with E-state index in [1.165, 1.54) is 45.1 Å². The highest BCUT2D eigenvalue weighted by Crippen LogP contribution is 2.31. The van der Waals surface area contributed by atoms with E-state index in [2.05, 4.69) is 17.7 Å². The van der Waals surface area contributed by atoms with Crippen LogP contribution in [-0.2, 0) is 0 Å². The summed E-state index contributed by atoms with van der Waals surface area (Å²) in [6.45, 7) is 1.24. The normalized spacial score (nSPS) is 31.6. The summed E-state index contributed by atoms with van der Waals surface area (Å²) in [5, 5.41) is 7.08. The van der Waals surface area contributed by atoms with Gasteiger partial charge in [-0.2, -0.15) is 0 Å². The minimum absolute atomic E-state index is 0.782. The second-order valence-electron chi connectivity index (χ2n) is 4.62. The van der Waals surface area contributed by atoms with Gasteiger partial charge in [0, 0.05) is 12.1 Å². The zero-order chi connectivity index (χ0) is 9.10. The third kappa shape index (κ3) is 2.23. The van der Waals surface area contributed by atoms with Gasteiger partial charge in [0.05, 0.1) is 0 Å². The lowest BCUT2D eigenvalue weighted by Gasteiger charge is -2.35. The first-order valence-corrected chi connectivity index (χ1v) is 5.81. The third-order valence-corrected chi connectivity index (χ3v) is 3.79. The molecule has 2 aliphatic rings. The Morgan fingerprint density at radius 3 is 2.62 bits per heavy atom. The summed E-state index contributed by atoms with van der Waals surface area (Å²) in [5.74, 6) is 0.979. The topological polar surface area (TPSA) is 24.1 Å². The summed E-state index contributed by atoms with van der Waals surface area (Å²) in [7, 11) is 2.12. The summed E-state index contributed by atoms with van der Waals surface area (Å²) < 4.78 is 0. The molecule has 0 amide bonds. The van der Waals surface area contributed by atoms with Crippen molar-refractivity contribution in [3.05, 3.63) is 0 Å². The van der Waals surface area contributed by atoms with Crippen molar-refractivity contribution < 1.29 is 0 Å². The van der Waals surface area contributed by atoms with Gasteiger partial charge >= 0.3 is 0 Å². The molecule has 1 saturated carbocycles. The van der Waals surface area contributed by atoms with Gasteiger partial charge in [-0.05, 0) is 51.6 Å². The van der Waals surface area contributed by atoms with Crippen LogP contribution >= 0.6 is 0 Å². The molecule has 1 aliphatic carbocycles. The monoisotopic (exact) mass is 182 g/mol. The molecule has 1 aliphatic heterocycles. The van der Waals surface area contributed by atoms with Gasteiger partial charge in [0.2, 0.25) is 0 Å². The fourth-order valence-electron chi connectivity index (χ4n) is 2.65.